The molecule has 1 N–H and O–H groups in total. The van der Waals surface area contributed by atoms with E-state index in [9.17, 15) is 13.9 Å². The molecule has 17 heavy (non-hydrogen) atoms. The minimum atomic E-state index is -0.926. The van der Waals surface area contributed by atoms with E-state index in [1.165, 1.54) is 30.7 Å². The van der Waals surface area contributed by atoms with Crippen LogP contribution in [-0.2, 0) is 6.42 Å². The fourth-order valence-corrected chi connectivity index (χ4v) is 1.54. The van der Waals surface area contributed by atoms with Crippen LogP contribution >= 0.6 is 0 Å². The predicted molar refractivity (Wildman–Crippen MR) is 57.1 cm³/mol. The van der Waals surface area contributed by atoms with Gasteiger partial charge in [-0.25, -0.2) is 8.78 Å². The van der Waals surface area contributed by atoms with Gasteiger partial charge in [-0.1, -0.05) is 0 Å². The number of aliphatic hydroxyl groups excluding tert-OH is 1. The van der Waals surface area contributed by atoms with Gasteiger partial charge in [-0.15, -0.1) is 0 Å². The van der Waals surface area contributed by atoms with E-state index >= 15 is 0 Å². The van der Waals surface area contributed by atoms with Crippen molar-refractivity contribution in [3.05, 3.63) is 59.7 Å². The van der Waals surface area contributed by atoms with Crippen LogP contribution in [0.3, 0.4) is 0 Å². The summed E-state index contributed by atoms with van der Waals surface area (Å²) in [5.41, 5.74) is 0.748. The Hall–Kier alpha value is -1.88. The quantitative estimate of drug-likeness (QED) is 0.886. The van der Waals surface area contributed by atoms with Crippen LogP contribution in [0, 0.1) is 11.6 Å². The van der Waals surface area contributed by atoms with Crippen LogP contribution in [0.4, 0.5) is 8.78 Å². The van der Waals surface area contributed by atoms with Crippen LogP contribution in [0.1, 0.15) is 17.4 Å². The monoisotopic (exact) mass is 236 g/mol. The van der Waals surface area contributed by atoms with Crippen molar-refractivity contribution in [2.45, 2.75) is 12.5 Å². The van der Waals surface area contributed by atoms with E-state index in [1.807, 2.05) is 0 Å². The predicted octanol–water partition coefficient (Wildman–Crippen LogP) is 2.03. The summed E-state index contributed by atoms with van der Waals surface area (Å²) in [5.74, 6) is -1.32. The molecule has 1 heterocycles. The number of rotatable bonds is 3. The van der Waals surface area contributed by atoms with E-state index in [-0.39, 0.29) is 6.42 Å². The topological polar surface area (TPSA) is 46.0 Å². The summed E-state index contributed by atoms with van der Waals surface area (Å²) >= 11 is 0. The van der Waals surface area contributed by atoms with Gasteiger partial charge in [-0.3, -0.25) is 9.97 Å². The number of nitrogens with zero attached hydrogens (tertiary/aromatic N) is 2. The number of aromatic nitrogens is 2. The lowest BCUT2D eigenvalue weighted by atomic mass is 10.1. The van der Waals surface area contributed by atoms with Crippen molar-refractivity contribution < 1.29 is 13.9 Å². The van der Waals surface area contributed by atoms with E-state index in [0.717, 1.165) is 6.07 Å². The van der Waals surface area contributed by atoms with Gasteiger partial charge in [0.2, 0.25) is 0 Å². The Balaban J connectivity index is 2.16. The Bertz CT molecular complexity index is 485. The third kappa shape index (κ3) is 3.04. The van der Waals surface area contributed by atoms with Crippen LogP contribution in [0.2, 0.25) is 0 Å². The molecule has 0 radical (unpaired) electrons. The van der Waals surface area contributed by atoms with Gasteiger partial charge in [0, 0.05) is 24.9 Å². The molecule has 0 fully saturated rings. The molecular weight excluding hydrogens is 226 g/mol. The molecule has 0 saturated heterocycles. The molecule has 0 amide bonds. The minimum Gasteiger partial charge on any atom is -0.386 e. The first-order chi connectivity index (χ1) is 8.15. The summed E-state index contributed by atoms with van der Waals surface area (Å²) in [6.45, 7) is 0. The van der Waals surface area contributed by atoms with E-state index in [2.05, 4.69) is 9.97 Å². The van der Waals surface area contributed by atoms with Crippen molar-refractivity contribution in [3.8, 4) is 0 Å². The molecule has 3 nitrogen and oxygen atoms in total. The van der Waals surface area contributed by atoms with Crippen LogP contribution in [0.25, 0.3) is 0 Å². The maximum atomic E-state index is 12.9. The Kier molecular flexibility index (Phi) is 3.39. The van der Waals surface area contributed by atoms with Crippen molar-refractivity contribution in [2.75, 3.05) is 0 Å². The average molecular weight is 236 g/mol. The summed E-state index contributed by atoms with van der Waals surface area (Å²) in [4.78, 5) is 7.73. The van der Waals surface area contributed by atoms with Gasteiger partial charge in [-0.2, -0.15) is 0 Å². The molecule has 0 aliphatic rings. The van der Waals surface area contributed by atoms with Crippen LogP contribution < -0.4 is 0 Å². The lowest BCUT2D eigenvalue weighted by molar-refractivity contribution is 0.173. The van der Waals surface area contributed by atoms with E-state index < -0.39 is 17.7 Å². The van der Waals surface area contributed by atoms with Crippen molar-refractivity contribution in [3.63, 3.8) is 0 Å². The van der Waals surface area contributed by atoms with Crippen molar-refractivity contribution in [1.29, 1.82) is 0 Å². The second-order valence-corrected chi connectivity index (χ2v) is 3.63. The highest BCUT2D eigenvalue weighted by molar-refractivity contribution is 5.20. The van der Waals surface area contributed by atoms with E-state index in [4.69, 9.17) is 0 Å². The van der Waals surface area contributed by atoms with E-state index in [1.54, 1.807) is 0 Å². The summed E-state index contributed by atoms with van der Waals surface area (Å²) in [6.07, 6.45) is 3.51. The number of aliphatic hydroxyl groups is 1. The standard InChI is InChI=1S/C12H10F2N2O/c13-9-3-8(4-10(14)6-9)5-12(17)11-7-15-1-2-16-11/h1-4,6-7,12,17H,5H2. The Labute approximate surface area is 96.8 Å². The zero-order chi connectivity index (χ0) is 12.3. The largest absolute Gasteiger partial charge is 0.386 e. The van der Waals surface area contributed by atoms with Gasteiger partial charge in [0.25, 0.3) is 0 Å². The zero-order valence-corrected chi connectivity index (χ0v) is 8.85. The Morgan fingerprint density at radius 1 is 1.12 bits per heavy atom. The third-order valence-corrected chi connectivity index (χ3v) is 2.28. The van der Waals surface area contributed by atoms with Crippen LogP contribution in [-0.4, -0.2) is 15.1 Å². The molecule has 88 valence electrons. The molecular formula is C12H10F2N2O. The number of benzene rings is 1. The van der Waals surface area contributed by atoms with E-state index in [0.29, 0.717) is 11.3 Å². The summed E-state index contributed by atoms with van der Waals surface area (Å²) in [5, 5.41) is 9.81. The lowest BCUT2D eigenvalue weighted by Gasteiger charge is -2.09. The molecule has 0 aliphatic carbocycles. The minimum absolute atomic E-state index is 0.0906. The number of hydrogen-bond acceptors (Lipinski definition) is 3. The number of halogens is 2. The van der Waals surface area contributed by atoms with Crippen LogP contribution in [0.15, 0.2) is 36.8 Å². The first-order valence-electron chi connectivity index (χ1n) is 5.04. The van der Waals surface area contributed by atoms with Gasteiger partial charge < -0.3 is 5.11 Å². The lowest BCUT2D eigenvalue weighted by Crippen LogP contribution is -2.05. The maximum Gasteiger partial charge on any atom is 0.126 e. The molecule has 5 heteroatoms. The van der Waals surface area contributed by atoms with Gasteiger partial charge >= 0.3 is 0 Å². The van der Waals surface area contributed by atoms with Gasteiger partial charge in [0.05, 0.1) is 11.9 Å². The number of hydrogen-bond donors (Lipinski definition) is 1. The molecule has 1 unspecified atom stereocenters. The third-order valence-electron chi connectivity index (χ3n) is 2.28. The fraction of sp³-hybridized carbons (Fsp3) is 0.167. The SMILES string of the molecule is OC(Cc1cc(F)cc(F)c1)c1cnccn1. The maximum absolute atomic E-state index is 12.9. The Morgan fingerprint density at radius 3 is 2.41 bits per heavy atom. The molecule has 0 aliphatic heterocycles. The summed E-state index contributed by atoms with van der Waals surface area (Å²) in [6, 6.07) is 3.16. The summed E-state index contributed by atoms with van der Waals surface area (Å²) < 4.78 is 25.9. The van der Waals surface area contributed by atoms with Crippen molar-refractivity contribution in [1.82, 2.24) is 9.97 Å². The van der Waals surface area contributed by atoms with Gasteiger partial charge in [0.1, 0.15) is 17.7 Å². The highest BCUT2D eigenvalue weighted by atomic mass is 19.1. The molecule has 0 bridgehead atoms. The molecule has 1 atom stereocenters. The molecule has 1 aromatic carbocycles. The summed E-state index contributed by atoms with van der Waals surface area (Å²) in [7, 11) is 0. The second-order valence-electron chi connectivity index (χ2n) is 3.63. The van der Waals surface area contributed by atoms with Crippen molar-refractivity contribution >= 4 is 0 Å². The molecule has 0 spiro atoms. The molecule has 2 rings (SSSR count). The molecule has 2 aromatic rings. The second kappa shape index (κ2) is 4.97. The zero-order valence-electron chi connectivity index (χ0n) is 8.85. The van der Waals surface area contributed by atoms with Gasteiger partial charge in [0.15, 0.2) is 0 Å². The smallest absolute Gasteiger partial charge is 0.126 e. The average Bonchev–Trinajstić information content (AvgIpc) is 2.28. The fourth-order valence-electron chi connectivity index (χ4n) is 1.54. The normalized spacial score (nSPS) is 12.4. The Morgan fingerprint density at radius 2 is 1.82 bits per heavy atom. The molecule has 0 saturated carbocycles. The first-order valence-corrected chi connectivity index (χ1v) is 5.04. The highest BCUT2D eigenvalue weighted by Crippen LogP contribution is 2.17. The van der Waals surface area contributed by atoms with Crippen LogP contribution in [0.5, 0.6) is 0 Å². The molecule has 1 aromatic heterocycles. The highest BCUT2D eigenvalue weighted by Gasteiger charge is 2.11. The van der Waals surface area contributed by atoms with Crippen molar-refractivity contribution in [2.24, 2.45) is 0 Å². The van der Waals surface area contributed by atoms with Gasteiger partial charge in [-0.05, 0) is 17.7 Å². The first kappa shape index (κ1) is 11.6.